The zero-order chi connectivity index (χ0) is 22.0. The SMILES string of the molecule is [C-]#[N+]c1ccc2c(n1)CC1=C2C(=O)c2ccc(N3CCN(C4CCC4)CC3)cc2C1(C)C. The predicted molar refractivity (Wildman–Crippen MR) is 126 cm³/mol. The fourth-order valence-electron chi connectivity index (χ4n) is 5.96. The van der Waals surface area contributed by atoms with E-state index in [1.807, 2.05) is 12.1 Å². The zero-order valence-electron chi connectivity index (χ0n) is 18.8. The Morgan fingerprint density at radius 2 is 1.81 bits per heavy atom. The monoisotopic (exact) mass is 424 g/mol. The van der Waals surface area contributed by atoms with Gasteiger partial charge in [-0.1, -0.05) is 32.9 Å². The number of carbonyl (C=O) groups is 1. The maximum atomic E-state index is 13.6. The fourth-order valence-corrected chi connectivity index (χ4v) is 5.96. The van der Waals surface area contributed by atoms with Crippen molar-refractivity contribution in [3.05, 3.63) is 69.7 Å². The Balaban J connectivity index is 1.32. The third kappa shape index (κ3) is 2.79. The minimum Gasteiger partial charge on any atom is -0.369 e. The number of hydrogen-bond donors (Lipinski definition) is 0. The molecule has 3 aliphatic carbocycles. The number of allylic oxidation sites excluding steroid dienone is 2. The number of anilines is 1. The molecule has 5 heteroatoms. The molecule has 2 aromatic rings. The zero-order valence-corrected chi connectivity index (χ0v) is 18.8. The van der Waals surface area contributed by atoms with Gasteiger partial charge in [-0.2, -0.15) is 0 Å². The van der Waals surface area contributed by atoms with E-state index in [2.05, 4.69) is 45.6 Å². The van der Waals surface area contributed by atoms with E-state index in [1.165, 1.54) is 24.9 Å². The smallest absolute Gasteiger partial charge is 0.269 e. The minimum atomic E-state index is -0.249. The lowest BCUT2D eigenvalue weighted by Gasteiger charge is -2.44. The summed E-state index contributed by atoms with van der Waals surface area (Å²) in [6.07, 6.45) is 4.76. The normalized spacial score (nSPS) is 22.2. The number of nitrogens with zero attached hydrogens (tertiary/aromatic N) is 4. The first-order valence-corrected chi connectivity index (χ1v) is 11.8. The molecule has 1 aromatic carbocycles. The van der Waals surface area contributed by atoms with E-state index in [-0.39, 0.29) is 11.2 Å². The number of aromatic nitrogens is 1. The Morgan fingerprint density at radius 3 is 2.50 bits per heavy atom. The average Bonchev–Trinajstić information content (AvgIpc) is 3.17. The van der Waals surface area contributed by atoms with Gasteiger partial charge in [-0.3, -0.25) is 9.69 Å². The summed E-state index contributed by atoms with van der Waals surface area (Å²) in [5.41, 5.74) is 6.64. The molecule has 1 saturated heterocycles. The van der Waals surface area contributed by atoms with Gasteiger partial charge >= 0.3 is 0 Å². The average molecular weight is 425 g/mol. The molecule has 4 aliphatic rings. The van der Waals surface area contributed by atoms with Crippen molar-refractivity contribution in [2.75, 3.05) is 31.1 Å². The molecular formula is C27H28N4O. The van der Waals surface area contributed by atoms with E-state index in [4.69, 9.17) is 6.57 Å². The maximum Gasteiger partial charge on any atom is 0.269 e. The van der Waals surface area contributed by atoms with Crippen molar-refractivity contribution >= 4 is 22.9 Å². The molecule has 5 nitrogen and oxygen atoms in total. The van der Waals surface area contributed by atoms with E-state index in [1.54, 1.807) is 6.07 Å². The number of rotatable bonds is 2. The van der Waals surface area contributed by atoms with Gasteiger partial charge in [-0.25, -0.2) is 0 Å². The summed E-state index contributed by atoms with van der Waals surface area (Å²) in [6, 6.07) is 10.9. The summed E-state index contributed by atoms with van der Waals surface area (Å²) >= 11 is 0. The molecule has 0 bridgehead atoms. The molecule has 1 aliphatic heterocycles. The number of Topliss-reactive ketones (excluding diaryl/α,β-unsaturated/α-hetero) is 1. The third-order valence-corrected chi connectivity index (χ3v) is 8.16. The van der Waals surface area contributed by atoms with Crippen LogP contribution < -0.4 is 4.90 Å². The van der Waals surface area contributed by atoms with Crippen LogP contribution in [-0.4, -0.2) is 47.9 Å². The van der Waals surface area contributed by atoms with Crippen LogP contribution >= 0.6 is 0 Å². The van der Waals surface area contributed by atoms with Gasteiger partial charge in [0, 0.05) is 66.4 Å². The molecule has 1 saturated carbocycles. The topological polar surface area (TPSA) is 40.8 Å². The molecule has 0 spiro atoms. The van der Waals surface area contributed by atoms with E-state index >= 15 is 0 Å². The van der Waals surface area contributed by atoms with Gasteiger partial charge in [0.25, 0.3) is 5.82 Å². The van der Waals surface area contributed by atoms with Gasteiger partial charge in [0.05, 0.1) is 0 Å². The number of piperazine rings is 1. The molecule has 0 N–H and O–H groups in total. The van der Waals surface area contributed by atoms with Gasteiger partial charge < -0.3 is 9.74 Å². The molecule has 6 rings (SSSR count). The van der Waals surface area contributed by atoms with Crippen molar-refractivity contribution in [2.24, 2.45) is 0 Å². The predicted octanol–water partition coefficient (Wildman–Crippen LogP) is 4.79. The number of ketones is 1. The number of carbonyl (C=O) groups excluding carboxylic acids is 1. The summed E-state index contributed by atoms with van der Waals surface area (Å²) in [4.78, 5) is 26.7. The molecule has 0 atom stereocenters. The molecule has 0 radical (unpaired) electrons. The first-order chi connectivity index (χ1) is 15.5. The van der Waals surface area contributed by atoms with Gasteiger partial charge in [-0.15, -0.1) is 4.98 Å². The summed E-state index contributed by atoms with van der Waals surface area (Å²) in [5.74, 6) is 0.501. The standard InChI is InChI=1S/C27H28N4O/c1-27(2)21-15-18(31-13-11-30(12-14-31)17-5-4-6-17)7-8-19(21)26(32)25-20-9-10-24(28-3)29-23(20)16-22(25)27/h7-10,15,17H,4-6,11-14,16H2,1-2H3. The number of benzene rings is 1. The van der Waals surface area contributed by atoms with Gasteiger partial charge in [-0.05, 0) is 48.2 Å². The second-order valence-electron chi connectivity index (χ2n) is 10.1. The fraction of sp³-hybridized carbons (Fsp3) is 0.444. The second-order valence-corrected chi connectivity index (χ2v) is 10.1. The molecule has 32 heavy (non-hydrogen) atoms. The largest absolute Gasteiger partial charge is 0.369 e. The first kappa shape index (κ1) is 19.7. The van der Waals surface area contributed by atoms with Crippen LogP contribution in [0.2, 0.25) is 0 Å². The quantitative estimate of drug-likeness (QED) is 0.650. The molecule has 2 heterocycles. The van der Waals surface area contributed by atoms with E-state index in [9.17, 15) is 4.79 Å². The molecule has 0 amide bonds. The van der Waals surface area contributed by atoms with Gasteiger partial charge in [0.15, 0.2) is 5.78 Å². The van der Waals surface area contributed by atoms with Crippen molar-refractivity contribution in [3.8, 4) is 0 Å². The van der Waals surface area contributed by atoms with E-state index < -0.39 is 0 Å². The van der Waals surface area contributed by atoms with Crippen LogP contribution in [-0.2, 0) is 11.8 Å². The van der Waals surface area contributed by atoms with Crippen molar-refractivity contribution < 1.29 is 4.79 Å². The number of hydrogen-bond acceptors (Lipinski definition) is 4. The maximum absolute atomic E-state index is 13.6. The van der Waals surface area contributed by atoms with Crippen molar-refractivity contribution in [1.29, 1.82) is 0 Å². The van der Waals surface area contributed by atoms with Crippen molar-refractivity contribution in [1.82, 2.24) is 9.88 Å². The number of fused-ring (bicyclic) bond motifs is 3. The Labute approximate surface area is 189 Å². The van der Waals surface area contributed by atoms with Crippen LogP contribution in [0.15, 0.2) is 35.9 Å². The van der Waals surface area contributed by atoms with Crippen LogP contribution in [0, 0.1) is 6.57 Å². The highest BCUT2D eigenvalue weighted by molar-refractivity contribution is 6.32. The first-order valence-electron chi connectivity index (χ1n) is 11.8. The summed E-state index contributed by atoms with van der Waals surface area (Å²) in [6.45, 7) is 16.1. The Morgan fingerprint density at radius 1 is 1.06 bits per heavy atom. The lowest BCUT2D eigenvalue weighted by Crippen LogP contribution is -2.52. The van der Waals surface area contributed by atoms with Crippen LogP contribution in [0.4, 0.5) is 11.5 Å². The highest BCUT2D eigenvalue weighted by Crippen LogP contribution is 2.50. The molecule has 0 unspecified atom stereocenters. The lowest BCUT2D eigenvalue weighted by atomic mass is 9.68. The minimum absolute atomic E-state index is 0.104. The molecule has 2 fully saturated rings. The van der Waals surface area contributed by atoms with Crippen LogP contribution in [0.3, 0.4) is 0 Å². The van der Waals surface area contributed by atoms with Crippen LogP contribution in [0.5, 0.6) is 0 Å². The Hall–Kier alpha value is -2.97. The molecule has 162 valence electrons. The molecule has 1 aromatic heterocycles. The summed E-state index contributed by atoms with van der Waals surface area (Å²) < 4.78 is 0. The van der Waals surface area contributed by atoms with Crippen LogP contribution in [0.25, 0.3) is 10.4 Å². The number of pyridine rings is 1. The molecular weight excluding hydrogens is 396 g/mol. The van der Waals surface area contributed by atoms with Crippen molar-refractivity contribution in [3.63, 3.8) is 0 Å². The second kappa shape index (κ2) is 7.02. The highest BCUT2D eigenvalue weighted by Gasteiger charge is 2.44. The van der Waals surface area contributed by atoms with E-state index in [0.717, 1.165) is 65.8 Å². The summed E-state index contributed by atoms with van der Waals surface area (Å²) in [5, 5.41) is 0. The Bertz CT molecular complexity index is 1210. The highest BCUT2D eigenvalue weighted by atomic mass is 16.1. The van der Waals surface area contributed by atoms with Gasteiger partial charge in [0.2, 0.25) is 0 Å². The summed E-state index contributed by atoms with van der Waals surface area (Å²) in [7, 11) is 0. The lowest BCUT2D eigenvalue weighted by molar-refractivity contribution is 0.105. The van der Waals surface area contributed by atoms with Crippen LogP contribution in [0.1, 0.15) is 60.3 Å². The third-order valence-electron chi connectivity index (χ3n) is 8.16. The van der Waals surface area contributed by atoms with Crippen molar-refractivity contribution in [2.45, 2.75) is 51.0 Å². The van der Waals surface area contributed by atoms with E-state index in [0.29, 0.717) is 12.2 Å². The van der Waals surface area contributed by atoms with Gasteiger partial charge in [0.1, 0.15) is 5.69 Å². The Kier molecular flexibility index (Phi) is 4.32.